The Bertz CT molecular complexity index is 894. The first-order chi connectivity index (χ1) is 16.3. The van der Waals surface area contributed by atoms with Gasteiger partial charge in [0.1, 0.15) is 17.3 Å². The van der Waals surface area contributed by atoms with E-state index in [2.05, 4.69) is 54.5 Å². The van der Waals surface area contributed by atoms with Gasteiger partial charge in [-0.1, -0.05) is 53.2 Å². The lowest BCUT2D eigenvalue weighted by Crippen LogP contribution is -2.54. The average Bonchev–Trinajstić information content (AvgIpc) is 3.31. The van der Waals surface area contributed by atoms with E-state index < -0.39 is 5.60 Å². The highest BCUT2D eigenvalue weighted by atomic mass is 16.7. The molecule has 4 aliphatic carbocycles. The zero-order valence-corrected chi connectivity index (χ0v) is 23.5. The van der Waals surface area contributed by atoms with Crippen molar-refractivity contribution in [3.63, 3.8) is 0 Å². The van der Waals surface area contributed by atoms with Crippen molar-refractivity contribution in [2.24, 2.45) is 46.3 Å². The summed E-state index contributed by atoms with van der Waals surface area (Å²) in [5, 5.41) is 10.3. The van der Waals surface area contributed by atoms with E-state index in [0.29, 0.717) is 23.7 Å². The van der Waals surface area contributed by atoms with Crippen molar-refractivity contribution < 1.29 is 19.4 Å². The summed E-state index contributed by atoms with van der Waals surface area (Å²) in [6.07, 6.45) is 11.0. The van der Waals surface area contributed by atoms with Crippen LogP contribution in [0.4, 0.5) is 0 Å². The Kier molecular flexibility index (Phi) is 6.12. The summed E-state index contributed by atoms with van der Waals surface area (Å²) in [6.45, 7) is 17.9. The number of allylic oxidation sites excluding steroid dienone is 1. The Balaban J connectivity index is 1.44. The second-order valence-corrected chi connectivity index (χ2v) is 14.2. The maximum Gasteiger partial charge on any atom is 0.303 e. The zero-order chi connectivity index (χ0) is 25.6. The van der Waals surface area contributed by atoms with Crippen LogP contribution >= 0.6 is 0 Å². The zero-order valence-electron chi connectivity index (χ0n) is 23.5. The number of aliphatic hydroxyl groups is 1. The summed E-state index contributed by atoms with van der Waals surface area (Å²) in [7, 11) is 0. The minimum Gasteiger partial charge on any atom is -0.459 e. The van der Waals surface area contributed by atoms with Crippen LogP contribution in [0.1, 0.15) is 107 Å². The molecule has 11 atom stereocenters. The summed E-state index contributed by atoms with van der Waals surface area (Å²) in [4.78, 5) is 12.3. The number of ether oxygens (including phenoxy) is 2. The van der Waals surface area contributed by atoms with Crippen molar-refractivity contribution in [1.82, 2.24) is 0 Å². The Morgan fingerprint density at radius 2 is 1.71 bits per heavy atom. The lowest BCUT2D eigenvalue weighted by Gasteiger charge is -2.58. The molecule has 4 fully saturated rings. The molecule has 0 bridgehead atoms. The summed E-state index contributed by atoms with van der Waals surface area (Å²) in [6, 6.07) is 0. The summed E-state index contributed by atoms with van der Waals surface area (Å²) in [5.41, 5.74) is 1.32. The normalized spacial score (nSPS) is 48.9. The number of carbonyl (C=O) groups is 1. The lowest BCUT2D eigenvalue weighted by molar-refractivity contribution is -0.155. The first-order valence-electron chi connectivity index (χ1n) is 14.6. The van der Waals surface area contributed by atoms with Gasteiger partial charge in [-0.2, -0.15) is 0 Å². The molecule has 1 spiro atoms. The molecule has 0 unspecified atom stereocenters. The number of rotatable bonds is 5. The van der Waals surface area contributed by atoms with Crippen LogP contribution < -0.4 is 0 Å². The highest BCUT2D eigenvalue weighted by Crippen LogP contribution is 2.76. The maximum absolute atomic E-state index is 12.3. The van der Waals surface area contributed by atoms with Crippen LogP contribution in [0.15, 0.2) is 11.6 Å². The van der Waals surface area contributed by atoms with E-state index in [1.165, 1.54) is 24.8 Å². The summed E-state index contributed by atoms with van der Waals surface area (Å²) in [5.74, 6) is 3.10. The quantitative estimate of drug-likeness (QED) is 0.267. The van der Waals surface area contributed by atoms with Gasteiger partial charge in [0, 0.05) is 12.3 Å². The highest BCUT2D eigenvalue weighted by Gasteiger charge is 2.82. The fourth-order valence-corrected chi connectivity index (χ4v) is 10.0. The van der Waals surface area contributed by atoms with E-state index in [9.17, 15) is 9.90 Å². The van der Waals surface area contributed by atoms with Crippen LogP contribution in [0.5, 0.6) is 0 Å². The van der Waals surface area contributed by atoms with Crippen LogP contribution in [0, 0.1) is 46.3 Å². The van der Waals surface area contributed by atoms with E-state index in [4.69, 9.17) is 9.47 Å². The largest absolute Gasteiger partial charge is 0.459 e. The van der Waals surface area contributed by atoms with Crippen LogP contribution in [-0.4, -0.2) is 34.5 Å². The molecule has 0 aromatic carbocycles. The van der Waals surface area contributed by atoms with Gasteiger partial charge in [-0.05, 0) is 99.2 Å². The van der Waals surface area contributed by atoms with Crippen LogP contribution in [0.3, 0.4) is 0 Å². The minimum atomic E-state index is -0.411. The molecule has 0 amide bonds. The van der Waals surface area contributed by atoms with Crippen LogP contribution in [0.25, 0.3) is 0 Å². The standard InChI is InChI=1S/C31H50O4/c1-18(2)19(3)20(4)27(34-21(5)32)30(8)31(35-30)16-13-26-24-10-9-22-17-23(33)11-14-28(22,6)25(24)12-15-29(26,31)7/h9,18-20,23-27,33H,10-17H2,1-8H3/t19-,20+,23+,24-,25+,26+,27-,28+,29+,30-,31+/m1/s1. The lowest BCUT2D eigenvalue weighted by atomic mass is 9.46. The topological polar surface area (TPSA) is 59.1 Å². The molecule has 0 aromatic rings. The number of hydrogen-bond donors (Lipinski definition) is 1. The molecule has 4 heteroatoms. The molecule has 0 aromatic heterocycles. The first kappa shape index (κ1) is 25.8. The third-order valence-electron chi connectivity index (χ3n) is 12.5. The monoisotopic (exact) mass is 486 g/mol. The fraction of sp³-hybridized carbons (Fsp3) is 0.903. The Hall–Kier alpha value is -0.870. The van der Waals surface area contributed by atoms with E-state index in [-0.39, 0.29) is 40.5 Å². The van der Waals surface area contributed by atoms with Crippen molar-refractivity contribution in [2.45, 2.75) is 130 Å². The highest BCUT2D eigenvalue weighted by molar-refractivity contribution is 5.66. The average molecular weight is 487 g/mol. The van der Waals surface area contributed by atoms with Gasteiger partial charge in [0.15, 0.2) is 0 Å². The molecule has 5 aliphatic rings. The smallest absolute Gasteiger partial charge is 0.303 e. The fourth-order valence-electron chi connectivity index (χ4n) is 10.0. The SMILES string of the molecule is CC(=O)O[C@H]([C@@H](C)[C@H](C)C(C)C)[C@@]1(C)O[C@]12CC[C@H]1[C@@H]3CC=C4C[C@@H](O)CC[C@]4(C)[C@H]3CC[C@@]12C. The molecule has 1 N–H and O–H groups in total. The molecule has 4 nitrogen and oxygen atoms in total. The number of esters is 1. The predicted octanol–water partition coefficient (Wildman–Crippen LogP) is 6.70. The van der Waals surface area contributed by atoms with E-state index in [1.54, 1.807) is 6.92 Å². The van der Waals surface area contributed by atoms with E-state index in [1.807, 2.05) is 0 Å². The number of aliphatic hydroxyl groups excluding tert-OH is 1. The van der Waals surface area contributed by atoms with Crippen molar-refractivity contribution in [1.29, 1.82) is 0 Å². The van der Waals surface area contributed by atoms with Gasteiger partial charge in [0.25, 0.3) is 0 Å². The van der Waals surface area contributed by atoms with Crippen molar-refractivity contribution >= 4 is 5.97 Å². The number of hydrogen-bond acceptors (Lipinski definition) is 4. The first-order valence-corrected chi connectivity index (χ1v) is 14.6. The van der Waals surface area contributed by atoms with Gasteiger partial charge in [-0.15, -0.1) is 0 Å². The number of fused-ring (bicyclic) bond motifs is 6. The van der Waals surface area contributed by atoms with E-state index in [0.717, 1.165) is 38.0 Å². The number of epoxide rings is 1. The van der Waals surface area contributed by atoms with Gasteiger partial charge in [0.2, 0.25) is 0 Å². The van der Waals surface area contributed by atoms with Gasteiger partial charge in [-0.25, -0.2) is 0 Å². The molecular formula is C31H50O4. The maximum atomic E-state index is 12.3. The van der Waals surface area contributed by atoms with Crippen molar-refractivity contribution in [2.75, 3.05) is 0 Å². The third-order valence-corrected chi connectivity index (χ3v) is 12.5. The molecule has 0 radical (unpaired) electrons. The summed E-state index contributed by atoms with van der Waals surface area (Å²) < 4.78 is 13.1. The Labute approximate surface area is 213 Å². The molecule has 35 heavy (non-hydrogen) atoms. The molecule has 3 saturated carbocycles. The molecular weight excluding hydrogens is 436 g/mol. The van der Waals surface area contributed by atoms with Crippen LogP contribution in [0.2, 0.25) is 0 Å². The predicted molar refractivity (Wildman–Crippen MR) is 139 cm³/mol. The Morgan fingerprint density at radius 1 is 1.03 bits per heavy atom. The van der Waals surface area contributed by atoms with Gasteiger partial charge >= 0.3 is 5.97 Å². The molecule has 1 saturated heterocycles. The van der Waals surface area contributed by atoms with Gasteiger partial charge in [0.05, 0.1) is 6.10 Å². The Morgan fingerprint density at radius 3 is 2.37 bits per heavy atom. The number of carbonyl (C=O) groups excluding carboxylic acids is 1. The van der Waals surface area contributed by atoms with E-state index >= 15 is 0 Å². The molecule has 1 heterocycles. The second-order valence-electron chi connectivity index (χ2n) is 14.2. The molecule has 198 valence electrons. The van der Waals surface area contributed by atoms with Crippen molar-refractivity contribution in [3.05, 3.63) is 11.6 Å². The van der Waals surface area contributed by atoms with Gasteiger partial charge < -0.3 is 14.6 Å². The second kappa shape index (κ2) is 8.32. The van der Waals surface area contributed by atoms with Gasteiger partial charge in [-0.3, -0.25) is 4.79 Å². The molecule has 1 aliphatic heterocycles. The third kappa shape index (κ3) is 3.47. The minimum absolute atomic E-state index is 0.123. The van der Waals surface area contributed by atoms with Crippen molar-refractivity contribution in [3.8, 4) is 0 Å². The van der Waals surface area contributed by atoms with Crippen LogP contribution in [-0.2, 0) is 14.3 Å². The molecule has 5 rings (SSSR count). The summed E-state index contributed by atoms with van der Waals surface area (Å²) >= 11 is 0.